The van der Waals surface area contributed by atoms with Crippen molar-refractivity contribution in [3.63, 3.8) is 0 Å². The van der Waals surface area contributed by atoms with E-state index in [1.54, 1.807) is 6.26 Å². The molecule has 106 valence electrons. The highest BCUT2D eigenvalue weighted by atomic mass is 16.3. The van der Waals surface area contributed by atoms with Crippen LogP contribution in [0, 0.1) is 0 Å². The second kappa shape index (κ2) is 5.81. The molecule has 3 unspecified atom stereocenters. The maximum Gasteiger partial charge on any atom is 0.125 e. The molecule has 1 fully saturated rings. The van der Waals surface area contributed by atoms with Crippen LogP contribution in [0.5, 0.6) is 0 Å². The molecule has 3 atom stereocenters. The van der Waals surface area contributed by atoms with Crippen LogP contribution in [0.1, 0.15) is 31.2 Å². The summed E-state index contributed by atoms with van der Waals surface area (Å²) in [6.45, 7) is 6.56. The van der Waals surface area contributed by atoms with Crippen LogP contribution in [0.3, 0.4) is 0 Å². The zero-order valence-corrected chi connectivity index (χ0v) is 12.1. The molecule has 3 rings (SSSR count). The normalized spacial score (nSPS) is 25.5. The lowest BCUT2D eigenvalue weighted by Gasteiger charge is -2.42. The summed E-state index contributed by atoms with van der Waals surface area (Å²) in [7, 11) is 0. The third-order valence-corrected chi connectivity index (χ3v) is 4.07. The van der Waals surface area contributed by atoms with Gasteiger partial charge in [-0.05, 0) is 31.5 Å². The van der Waals surface area contributed by atoms with Gasteiger partial charge in [-0.2, -0.15) is 0 Å². The van der Waals surface area contributed by atoms with Gasteiger partial charge in [0.05, 0.1) is 12.3 Å². The standard InChI is InChI=1S/C17H22N2O/c1-13-12-19(14(2)11-18-13)17(16-9-6-10-20-16)15-7-4-3-5-8-15/h3-10,13-14,17-18H,11-12H2,1-2H3. The summed E-state index contributed by atoms with van der Waals surface area (Å²) < 4.78 is 5.72. The molecule has 2 aromatic rings. The molecule has 0 amide bonds. The average molecular weight is 270 g/mol. The van der Waals surface area contributed by atoms with E-state index in [1.807, 2.05) is 6.07 Å². The molecule has 3 nitrogen and oxygen atoms in total. The number of benzene rings is 1. The van der Waals surface area contributed by atoms with Crippen LogP contribution in [-0.4, -0.2) is 30.1 Å². The van der Waals surface area contributed by atoms with E-state index in [2.05, 4.69) is 60.5 Å². The second-order valence-electron chi connectivity index (χ2n) is 5.68. The Morgan fingerprint density at radius 1 is 1.15 bits per heavy atom. The smallest absolute Gasteiger partial charge is 0.125 e. The molecule has 1 aromatic heterocycles. The maximum atomic E-state index is 5.72. The van der Waals surface area contributed by atoms with Gasteiger partial charge in [-0.25, -0.2) is 0 Å². The zero-order chi connectivity index (χ0) is 13.9. The van der Waals surface area contributed by atoms with Crippen LogP contribution in [0.25, 0.3) is 0 Å². The Balaban J connectivity index is 1.97. The highest BCUT2D eigenvalue weighted by Crippen LogP contribution is 2.31. The number of rotatable bonds is 3. The van der Waals surface area contributed by atoms with Crippen molar-refractivity contribution in [1.29, 1.82) is 0 Å². The van der Waals surface area contributed by atoms with Crippen molar-refractivity contribution in [2.45, 2.75) is 32.0 Å². The minimum Gasteiger partial charge on any atom is -0.467 e. The molecule has 1 saturated heterocycles. The maximum absolute atomic E-state index is 5.72. The minimum atomic E-state index is 0.200. The molecule has 20 heavy (non-hydrogen) atoms. The SMILES string of the molecule is CC1CN(C(c2ccccc2)c2ccco2)C(C)CN1. The predicted molar refractivity (Wildman–Crippen MR) is 80.6 cm³/mol. The van der Waals surface area contributed by atoms with E-state index in [0.717, 1.165) is 18.8 Å². The highest BCUT2D eigenvalue weighted by Gasteiger charge is 2.32. The molecule has 0 aliphatic carbocycles. The van der Waals surface area contributed by atoms with Gasteiger partial charge in [0.15, 0.2) is 0 Å². The molecule has 1 aromatic carbocycles. The molecular weight excluding hydrogens is 248 g/mol. The summed E-state index contributed by atoms with van der Waals surface area (Å²) in [4.78, 5) is 2.54. The van der Waals surface area contributed by atoms with Gasteiger partial charge >= 0.3 is 0 Å². The zero-order valence-electron chi connectivity index (χ0n) is 12.1. The fourth-order valence-electron chi connectivity index (χ4n) is 3.01. The Morgan fingerprint density at radius 3 is 2.65 bits per heavy atom. The molecular formula is C17H22N2O. The lowest BCUT2D eigenvalue weighted by molar-refractivity contribution is 0.102. The monoisotopic (exact) mass is 270 g/mol. The number of nitrogens with zero attached hydrogens (tertiary/aromatic N) is 1. The van der Waals surface area contributed by atoms with Crippen molar-refractivity contribution >= 4 is 0 Å². The molecule has 0 radical (unpaired) electrons. The molecule has 3 heteroatoms. The van der Waals surface area contributed by atoms with E-state index in [4.69, 9.17) is 4.42 Å². The largest absolute Gasteiger partial charge is 0.467 e. The summed E-state index contributed by atoms with van der Waals surface area (Å²) in [6.07, 6.45) is 1.77. The fourth-order valence-corrected chi connectivity index (χ4v) is 3.01. The quantitative estimate of drug-likeness (QED) is 0.929. The van der Waals surface area contributed by atoms with E-state index in [9.17, 15) is 0 Å². The summed E-state index contributed by atoms with van der Waals surface area (Å²) in [5, 5.41) is 3.54. The van der Waals surface area contributed by atoms with Gasteiger partial charge in [-0.15, -0.1) is 0 Å². The van der Waals surface area contributed by atoms with Gasteiger partial charge in [0.1, 0.15) is 5.76 Å². The molecule has 2 heterocycles. The number of piperazine rings is 1. The summed E-state index contributed by atoms with van der Waals surface area (Å²) in [5.41, 5.74) is 1.29. The van der Waals surface area contributed by atoms with Crippen molar-refractivity contribution in [2.24, 2.45) is 0 Å². The molecule has 1 aliphatic rings. The van der Waals surface area contributed by atoms with Crippen LogP contribution in [-0.2, 0) is 0 Å². The van der Waals surface area contributed by atoms with Crippen molar-refractivity contribution in [3.05, 3.63) is 60.1 Å². The van der Waals surface area contributed by atoms with Gasteiger partial charge in [-0.1, -0.05) is 30.3 Å². The summed E-state index contributed by atoms with van der Waals surface area (Å²) in [5.74, 6) is 1.03. The van der Waals surface area contributed by atoms with Crippen molar-refractivity contribution in [1.82, 2.24) is 10.2 Å². The first kappa shape index (κ1) is 13.4. The van der Waals surface area contributed by atoms with Gasteiger partial charge in [0, 0.05) is 25.2 Å². The molecule has 1 N–H and O–H groups in total. The van der Waals surface area contributed by atoms with Crippen LogP contribution in [0.4, 0.5) is 0 Å². The Labute approximate surface area is 120 Å². The van der Waals surface area contributed by atoms with Crippen LogP contribution < -0.4 is 5.32 Å². The van der Waals surface area contributed by atoms with E-state index in [0.29, 0.717) is 12.1 Å². The third-order valence-electron chi connectivity index (χ3n) is 4.07. The summed E-state index contributed by atoms with van der Waals surface area (Å²) >= 11 is 0. The number of furan rings is 1. The van der Waals surface area contributed by atoms with E-state index in [-0.39, 0.29) is 6.04 Å². The van der Waals surface area contributed by atoms with Crippen molar-refractivity contribution in [2.75, 3.05) is 13.1 Å². The van der Waals surface area contributed by atoms with Crippen LogP contribution in [0.2, 0.25) is 0 Å². The number of nitrogens with one attached hydrogen (secondary N) is 1. The fraction of sp³-hybridized carbons (Fsp3) is 0.412. The Kier molecular flexibility index (Phi) is 3.90. The van der Waals surface area contributed by atoms with Gasteiger partial charge in [-0.3, -0.25) is 4.90 Å². The lowest BCUT2D eigenvalue weighted by Crippen LogP contribution is -2.55. The van der Waals surface area contributed by atoms with Crippen LogP contribution in [0.15, 0.2) is 53.1 Å². The first-order valence-corrected chi connectivity index (χ1v) is 7.33. The Morgan fingerprint density at radius 2 is 1.95 bits per heavy atom. The first-order valence-electron chi connectivity index (χ1n) is 7.33. The van der Waals surface area contributed by atoms with Gasteiger partial charge in [0.2, 0.25) is 0 Å². The Hall–Kier alpha value is -1.58. The summed E-state index contributed by atoms with van der Waals surface area (Å²) in [6, 6.07) is 15.9. The van der Waals surface area contributed by atoms with E-state index >= 15 is 0 Å². The van der Waals surface area contributed by atoms with Gasteiger partial charge in [0.25, 0.3) is 0 Å². The Bertz CT molecular complexity index is 523. The topological polar surface area (TPSA) is 28.4 Å². The first-order chi connectivity index (χ1) is 9.75. The third kappa shape index (κ3) is 2.65. The molecule has 1 aliphatic heterocycles. The predicted octanol–water partition coefficient (Wildman–Crippen LogP) is 3.05. The second-order valence-corrected chi connectivity index (χ2v) is 5.68. The van der Waals surface area contributed by atoms with Gasteiger partial charge < -0.3 is 9.73 Å². The molecule has 0 saturated carbocycles. The van der Waals surface area contributed by atoms with Crippen molar-refractivity contribution < 1.29 is 4.42 Å². The highest BCUT2D eigenvalue weighted by molar-refractivity contribution is 5.27. The van der Waals surface area contributed by atoms with Crippen LogP contribution >= 0.6 is 0 Å². The number of hydrogen-bond donors (Lipinski definition) is 1. The minimum absolute atomic E-state index is 0.200. The van der Waals surface area contributed by atoms with E-state index < -0.39 is 0 Å². The number of hydrogen-bond acceptors (Lipinski definition) is 3. The van der Waals surface area contributed by atoms with Crippen molar-refractivity contribution in [3.8, 4) is 0 Å². The lowest BCUT2D eigenvalue weighted by atomic mass is 9.98. The van der Waals surface area contributed by atoms with E-state index in [1.165, 1.54) is 5.56 Å². The average Bonchev–Trinajstić information content (AvgIpc) is 2.98. The molecule has 0 bridgehead atoms. The molecule has 0 spiro atoms.